The fourth-order valence-corrected chi connectivity index (χ4v) is 5.18. The van der Waals surface area contributed by atoms with Crippen LogP contribution in [0.4, 0.5) is 0 Å². The highest BCUT2D eigenvalue weighted by atomic mass is 32.2. The van der Waals surface area contributed by atoms with Crippen molar-refractivity contribution in [3.63, 3.8) is 0 Å². The minimum Gasteiger partial charge on any atom is -0.494 e. The molecule has 0 saturated carbocycles. The summed E-state index contributed by atoms with van der Waals surface area (Å²) in [6.45, 7) is 4.66. The number of hydrogen-bond acceptors (Lipinski definition) is 5. The Morgan fingerprint density at radius 1 is 1.04 bits per heavy atom. The van der Waals surface area contributed by atoms with Crippen LogP contribution in [0.25, 0.3) is 0 Å². The summed E-state index contributed by atoms with van der Waals surface area (Å²) in [6, 6.07) is 1.71. The Bertz CT molecular complexity index is 762. The van der Waals surface area contributed by atoms with Gasteiger partial charge in [0.2, 0.25) is 0 Å². The minimum atomic E-state index is -3.42. The van der Waals surface area contributed by atoms with E-state index < -0.39 is 10.2 Å². The van der Waals surface area contributed by atoms with Crippen molar-refractivity contribution in [2.45, 2.75) is 26.2 Å². The average Bonchev–Trinajstić information content (AvgIpc) is 3.06. The van der Waals surface area contributed by atoms with Crippen LogP contribution in [-0.2, 0) is 10.2 Å². The topological polar surface area (TPSA) is 83.0 Å². The van der Waals surface area contributed by atoms with Crippen LogP contribution in [0.5, 0.6) is 5.75 Å². The zero-order chi connectivity index (χ0) is 18.7. The first-order valence-electron chi connectivity index (χ1n) is 8.98. The summed E-state index contributed by atoms with van der Waals surface area (Å²) in [5.41, 5.74) is 1.21. The molecule has 8 nitrogen and oxygen atoms in total. The lowest BCUT2D eigenvalue weighted by Crippen LogP contribution is -2.44. The molecule has 2 fully saturated rings. The second-order valence-corrected chi connectivity index (χ2v) is 8.61. The summed E-state index contributed by atoms with van der Waals surface area (Å²) < 4.78 is 33.8. The van der Waals surface area contributed by atoms with E-state index in [4.69, 9.17) is 4.74 Å². The standard InChI is InChI=1S/C17H26N4O4S/c1-14-12-15(16(25-2)13-18-14)17(22)19-6-5-9-21(11-10-19)26(23,24)20-7-3-4-8-20/h12-13H,3-11H2,1-2H3. The number of carbonyl (C=O) groups is 1. The number of carbonyl (C=O) groups excluding carboxylic acids is 1. The van der Waals surface area contributed by atoms with E-state index in [-0.39, 0.29) is 5.91 Å². The quantitative estimate of drug-likeness (QED) is 0.772. The normalized spacial score (nSPS) is 20.2. The minimum absolute atomic E-state index is 0.146. The van der Waals surface area contributed by atoms with Gasteiger partial charge in [0.15, 0.2) is 0 Å². The van der Waals surface area contributed by atoms with Gasteiger partial charge >= 0.3 is 0 Å². The Balaban J connectivity index is 1.72. The number of aryl methyl sites for hydroxylation is 1. The molecule has 0 atom stereocenters. The highest BCUT2D eigenvalue weighted by Crippen LogP contribution is 2.22. The first kappa shape index (κ1) is 19.1. The highest BCUT2D eigenvalue weighted by Gasteiger charge is 2.33. The Labute approximate surface area is 154 Å². The molecule has 0 N–H and O–H groups in total. The van der Waals surface area contributed by atoms with Gasteiger partial charge in [-0.15, -0.1) is 0 Å². The fourth-order valence-electron chi connectivity index (χ4n) is 3.46. The van der Waals surface area contributed by atoms with E-state index in [0.29, 0.717) is 57.0 Å². The van der Waals surface area contributed by atoms with E-state index in [1.54, 1.807) is 21.5 Å². The van der Waals surface area contributed by atoms with Gasteiger partial charge in [-0.3, -0.25) is 9.78 Å². The van der Waals surface area contributed by atoms with Crippen molar-refractivity contribution in [1.82, 2.24) is 18.5 Å². The van der Waals surface area contributed by atoms with E-state index in [0.717, 1.165) is 18.5 Å². The van der Waals surface area contributed by atoms with Crippen molar-refractivity contribution in [3.8, 4) is 5.75 Å². The van der Waals surface area contributed by atoms with Crippen LogP contribution in [0.2, 0.25) is 0 Å². The Kier molecular flexibility index (Phi) is 5.79. The van der Waals surface area contributed by atoms with Gasteiger partial charge in [0.05, 0.1) is 18.9 Å². The maximum absolute atomic E-state index is 12.9. The van der Waals surface area contributed by atoms with Crippen molar-refractivity contribution in [1.29, 1.82) is 0 Å². The van der Waals surface area contributed by atoms with Gasteiger partial charge in [0, 0.05) is 45.0 Å². The molecule has 1 aromatic heterocycles. The number of hydrogen-bond donors (Lipinski definition) is 0. The molecule has 2 aliphatic heterocycles. The van der Waals surface area contributed by atoms with E-state index in [1.165, 1.54) is 11.4 Å². The average molecular weight is 382 g/mol. The van der Waals surface area contributed by atoms with E-state index >= 15 is 0 Å². The van der Waals surface area contributed by atoms with Gasteiger partial charge < -0.3 is 9.64 Å². The van der Waals surface area contributed by atoms with Gasteiger partial charge in [-0.25, -0.2) is 0 Å². The lowest BCUT2D eigenvalue weighted by Gasteiger charge is -2.26. The number of pyridine rings is 1. The predicted molar refractivity (Wildman–Crippen MR) is 97.3 cm³/mol. The van der Waals surface area contributed by atoms with Gasteiger partial charge in [-0.05, 0) is 32.3 Å². The zero-order valence-corrected chi connectivity index (χ0v) is 16.2. The summed E-state index contributed by atoms with van der Waals surface area (Å²) >= 11 is 0. The largest absolute Gasteiger partial charge is 0.494 e. The van der Waals surface area contributed by atoms with Crippen LogP contribution >= 0.6 is 0 Å². The summed E-state index contributed by atoms with van der Waals surface area (Å²) in [4.78, 5) is 18.8. The molecule has 1 aromatic rings. The van der Waals surface area contributed by atoms with E-state index in [2.05, 4.69) is 4.98 Å². The third-order valence-electron chi connectivity index (χ3n) is 4.91. The number of methoxy groups -OCH3 is 1. The van der Waals surface area contributed by atoms with Crippen LogP contribution in [0.15, 0.2) is 12.3 Å². The van der Waals surface area contributed by atoms with Crippen molar-refractivity contribution in [2.24, 2.45) is 0 Å². The molecule has 26 heavy (non-hydrogen) atoms. The molecule has 0 spiro atoms. The SMILES string of the molecule is COc1cnc(C)cc1C(=O)N1CCCN(S(=O)(=O)N2CCCC2)CC1. The Morgan fingerprint density at radius 2 is 1.69 bits per heavy atom. The molecule has 1 amide bonds. The van der Waals surface area contributed by atoms with E-state index in [9.17, 15) is 13.2 Å². The number of amides is 1. The van der Waals surface area contributed by atoms with Crippen molar-refractivity contribution >= 4 is 16.1 Å². The van der Waals surface area contributed by atoms with E-state index in [1.807, 2.05) is 6.92 Å². The second kappa shape index (κ2) is 7.89. The highest BCUT2D eigenvalue weighted by molar-refractivity contribution is 7.86. The maximum Gasteiger partial charge on any atom is 0.282 e. The summed E-state index contributed by atoms with van der Waals surface area (Å²) in [5.74, 6) is 0.291. The van der Waals surface area contributed by atoms with Crippen LogP contribution in [0, 0.1) is 6.92 Å². The molecule has 144 valence electrons. The van der Waals surface area contributed by atoms with Crippen molar-refractivity contribution in [3.05, 3.63) is 23.5 Å². The monoisotopic (exact) mass is 382 g/mol. The molecule has 2 saturated heterocycles. The molecule has 3 heterocycles. The van der Waals surface area contributed by atoms with Gasteiger partial charge in [0.1, 0.15) is 5.75 Å². The maximum atomic E-state index is 12.9. The zero-order valence-electron chi connectivity index (χ0n) is 15.3. The third-order valence-corrected chi connectivity index (χ3v) is 6.95. The Morgan fingerprint density at radius 3 is 2.38 bits per heavy atom. The second-order valence-electron chi connectivity index (χ2n) is 6.68. The van der Waals surface area contributed by atoms with Crippen LogP contribution < -0.4 is 4.74 Å². The van der Waals surface area contributed by atoms with Gasteiger partial charge in [-0.1, -0.05) is 0 Å². The molecule has 9 heteroatoms. The molecular formula is C17H26N4O4S. The first-order valence-corrected chi connectivity index (χ1v) is 10.4. The summed E-state index contributed by atoms with van der Waals surface area (Å²) in [7, 11) is -1.91. The summed E-state index contributed by atoms with van der Waals surface area (Å²) in [5, 5.41) is 0. The summed E-state index contributed by atoms with van der Waals surface area (Å²) in [6.07, 6.45) is 3.99. The number of rotatable bonds is 4. The third kappa shape index (κ3) is 3.84. The molecule has 3 rings (SSSR count). The Hall–Kier alpha value is -1.71. The molecule has 0 unspecified atom stereocenters. The van der Waals surface area contributed by atoms with Crippen LogP contribution in [0.1, 0.15) is 35.3 Å². The molecule has 0 aromatic carbocycles. The predicted octanol–water partition coefficient (Wildman–Crippen LogP) is 0.887. The number of aromatic nitrogens is 1. The molecule has 2 aliphatic rings. The fraction of sp³-hybridized carbons (Fsp3) is 0.647. The van der Waals surface area contributed by atoms with Gasteiger partial charge in [0.25, 0.3) is 16.1 Å². The lowest BCUT2D eigenvalue weighted by molar-refractivity contribution is 0.0760. The molecule has 0 aliphatic carbocycles. The molecular weight excluding hydrogens is 356 g/mol. The van der Waals surface area contributed by atoms with Crippen molar-refractivity contribution < 1.29 is 17.9 Å². The van der Waals surface area contributed by atoms with Crippen molar-refractivity contribution in [2.75, 3.05) is 46.4 Å². The molecule has 0 bridgehead atoms. The number of ether oxygens (including phenoxy) is 1. The smallest absolute Gasteiger partial charge is 0.282 e. The first-order chi connectivity index (χ1) is 12.4. The van der Waals surface area contributed by atoms with Crippen LogP contribution in [0.3, 0.4) is 0 Å². The van der Waals surface area contributed by atoms with Gasteiger partial charge in [-0.2, -0.15) is 17.0 Å². The number of nitrogens with zero attached hydrogens (tertiary/aromatic N) is 4. The lowest BCUT2D eigenvalue weighted by atomic mass is 10.2. The van der Waals surface area contributed by atoms with Crippen LogP contribution in [-0.4, -0.2) is 79.2 Å². The molecule has 0 radical (unpaired) electrons.